The van der Waals surface area contributed by atoms with E-state index in [9.17, 15) is 15.2 Å². The molecule has 2 aromatic rings. The fraction of sp³-hybridized carbons (Fsp3) is 0.517. The Hall–Kier alpha value is -2.88. The Kier molecular flexibility index (Phi) is 9.71. The fourth-order valence-corrected chi connectivity index (χ4v) is 4.53. The van der Waals surface area contributed by atoms with E-state index in [0.29, 0.717) is 30.9 Å². The second-order valence-electron chi connectivity index (χ2n) is 9.96. The standard InChI is InChI=1S/C29H38N2O4/c1-4-34-28(33)14-11-21-10-13-27(25(15-21)18-30)35-20-26(32)19-31-29(2,3)17-22-9-12-23-7-5-6-8-24(23)16-22/h9-10,12-13,15-16,26,31-32H,4-8,11,14,17,19-20H2,1-3H3/t26-/m0/s1. The number of aryl methyl sites for hydroxylation is 3. The molecule has 1 aliphatic rings. The molecule has 0 unspecified atom stereocenters. The number of benzene rings is 2. The van der Waals surface area contributed by atoms with Gasteiger partial charge in [0.05, 0.1) is 12.2 Å². The Bertz CT molecular complexity index is 1040. The van der Waals surface area contributed by atoms with Crippen molar-refractivity contribution in [1.29, 1.82) is 5.26 Å². The average molecular weight is 479 g/mol. The summed E-state index contributed by atoms with van der Waals surface area (Å²) in [6, 6.07) is 14.3. The maximum atomic E-state index is 11.6. The quantitative estimate of drug-likeness (QED) is 0.443. The zero-order valence-corrected chi connectivity index (χ0v) is 21.2. The first-order valence-electron chi connectivity index (χ1n) is 12.6. The number of fused-ring (bicyclic) bond motifs is 1. The highest BCUT2D eigenvalue weighted by molar-refractivity contribution is 5.69. The summed E-state index contributed by atoms with van der Waals surface area (Å²) in [7, 11) is 0. The summed E-state index contributed by atoms with van der Waals surface area (Å²) in [6.07, 6.45) is 5.84. The summed E-state index contributed by atoms with van der Waals surface area (Å²) >= 11 is 0. The van der Waals surface area contributed by atoms with Crippen molar-refractivity contribution >= 4 is 5.97 Å². The van der Waals surface area contributed by atoms with Gasteiger partial charge in [-0.05, 0) is 93.7 Å². The molecule has 0 fully saturated rings. The zero-order valence-electron chi connectivity index (χ0n) is 21.2. The van der Waals surface area contributed by atoms with Crippen LogP contribution in [0.4, 0.5) is 0 Å². The van der Waals surface area contributed by atoms with Crippen molar-refractivity contribution in [3.05, 3.63) is 64.2 Å². The van der Waals surface area contributed by atoms with Crippen LogP contribution in [0.3, 0.4) is 0 Å². The van der Waals surface area contributed by atoms with E-state index >= 15 is 0 Å². The molecule has 0 amide bonds. The SMILES string of the molecule is CCOC(=O)CCc1ccc(OC[C@@H](O)CNC(C)(C)Cc2ccc3c(c2)CCCC3)c(C#N)c1. The van der Waals surface area contributed by atoms with Gasteiger partial charge in [-0.1, -0.05) is 24.3 Å². The lowest BCUT2D eigenvalue weighted by Gasteiger charge is -2.29. The molecule has 2 N–H and O–H groups in total. The Morgan fingerprint density at radius 2 is 1.89 bits per heavy atom. The predicted molar refractivity (Wildman–Crippen MR) is 136 cm³/mol. The molecule has 1 aliphatic carbocycles. The van der Waals surface area contributed by atoms with Crippen molar-refractivity contribution in [2.75, 3.05) is 19.8 Å². The number of β-amino-alcohol motifs (C(OH)–C–C–N with tert-alkyl or cyclic N) is 1. The minimum atomic E-state index is -0.715. The molecule has 0 saturated carbocycles. The summed E-state index contributed by atoms with van der Waals surface area (Å²) in [4.78, 5) is 11.6. The lowest BCUT2D eigenvalue weighted by molar-refractivity contribution is -0.143. The van der Waals surface area contributed by atoms with Gasteiger partial charge in [0.15, 0.2) is 0 Å². The van der Waals surface area contributed by atoms with Crippen molar-refractivity contribution in [2.45, 2.75) is 77.4 Å². The third-order valence-electron chi connectivity index (χ3n) is 6.39. The number of rotatable bonds is 12. The van der Waals surface area contributed by atoms with Crippen molar-refractivity contribution in [3.8, 4) is 11.8 Å². The van der Waals surface area contributed by atoms with Gasteiger partial charge in [0.2, 0.25) is 0 Å². The van der Waals surface area contributed by atoms with E-state index in [-0.39, 0.29) is 24.5 Å². The molecule has 0 aliphatic heterocycles. The summed E-state index contributed by atoms with van der Waals surface area (Å²) in [5, 5.41) is 23.4. The molecule has 6 heteroatoms. The molecule has 0 radical (unpaired) electrons. The van der Waals surface area contributed by atoms with Gasteiger partial charge < -0.3 is 19.9 Å². The van der Waals surface area contributed by atoms with Gasteiger partial charge in [0.1, 0.15) is 24.5 Å². The first-order valence-corrected chi connectivity index (χ1v) is 12.6. The van der Waals surface area contributed by atoms with E-state index < -0.39 is 6.10 Å². The van der Waals surface area contributed by atoms with E-state index in [1.54, 1.807) is 19.1 Å². The maximum absolute atomic E-state index is 11.6. The van der Waals surface area contributed by atoms with Crippen molar-refractivity contribution in [1.82, 2.24) is 5.32 Å². The van der Waals surface area contributed by atoms with Crippen molar-refractivity contribution < 1.29 is 19.4 Å². The van der Waals surface area contributed by atoms with E-state index in [4.69, 9.17) is 9.47 Å². The van der Waals surface area contributed by atoms with Crippen LogP contribution in [0.5, 0.6) is 5.75 Å². The number of nitrogens with one attached hydrogen (secondary N) is 1. The minimum Gasteiger partial charge on any atom is -0.489 e. The number of hydrogen-bond donors (Lipinski definition) is 2. The average Bonchev–Trinajstić information content (AvgIpc) is 2.85. The molecule has 0 aromatic heterocycles. The number of aliphatic hydroxyl groups is 1. The fourth-order valence-electron chi connectivity index (χ4n) is 4.53. The zero-order chi connectivity index (χ0) is 25.3. The third-order valence-corrected chi connectivity index (χ3v) is 6.39. The molecule has 188 valence electrons. The largest absolute Gasteiger partial charge is 0.489 e. The highest BCUT2D eigenvalue weighted by atomic mass is 16.5. The van der Waals surface area contributed by atoms with Crippen molar-refractivity contribution in [3.63, 3.8) is 0 Å². The molecule has 2 aromatic carbocycles. The van der Waals surface area contributed by atoms with Crippen LogP contribution in [0.25, 0.3) is 0 Å². The van der Waals surface area contributed by atoms with Crippen LogP contribution in [-0.4, -0.2) is 42.5 Å². The monoisotopic (exact) mass is 478 g/mol. The Labute approximate surface area is 209 Å². The van der Waals surface area contributed by atoms with Gasteiger partial charge >= 0.3 is 5.97 Å². The minimum absolute atomic E-state index is 0.0821. The van der Waals surface area contributed by atoms with Gasteiger partial charge in [0.25, 0.3) is 0 Å². The number of nitrogens with zero attached hydrogens (tertiary/aromatic N) is 1. The Balaban J connectivity index is 1.47. The number of carbonyl (C=O) groups is 1. The molecule has 35 heavy (non-hydrogen) atoms. The van der Waals surface area contributed by atoms with Crippen LogP contribution in [0, 0.1) is 11.3 Å². The van der Waals surface area contributed by atoms with Gasteiger partial charge in [-0.25, -0.2) is 0 Å². The molecule has 1 atom stereocenters. The van der Waals surface area contributed by atoms with Crippen LogP contribution < -0.4 is 10.1 Å². The highest BCUT2D eigenvalue weighted by Crippen LogP contribution is 2.24. The normalized spacial score (nSPS) is 14.0. The first-order chi connectivity index (χ1) is 16.8. The number of ether oxygens (including phenoxy) is 2. The number of aliphatic hydroxyl groups excluding tert-OH is 1. The Morgan fingerprint density at radius 1 is 1.14 bits per heavy atom. The lowest BCUT2D eigenvalue weighted by Crippen LogP contribution is -2.46. The summed E-state index contributed by atoms with van der Waals surface area (Å²) in [5.41, 5.74) is 5.37. The van der Waals surface area contributed by atoms with Crippen LogP contribution in [0.1, 0.15) is 67.9 Å². The van der Waals surface area contributed by atoms with Crippen LogP contribution in [-0.2, 0) is 35.2 Å². The second kappa shape index (κ2) is 12.7. The van der Waals surface area contributed by atoms with Crippen LogP contribution in [0.15, 0.2) is 36.4 Å². The Morgan fingerprint density at radius 3 is 2.63 bits per heavy atom. The van der Waals surface area contributed by atoms with Gasteiger partial charge in [-0.2, -0.15) is 5.26 Å². The third kappa shape index (κ3) is 8.38. The van der Waals surface area contributed by atoms with Crippen LogP contribution in [0.2, 0.25) is 0 Å². The first kappa shape index (κ1) is 26.7. The van der Waals surface area contributed by atoms with E-state index in [1.165, 1.54) is 42.4 Å². The van der Waals surface area contributed by atoms with Gasteiger partial charge in [0, 0.05) is 18.5 Å². The number of nitriles is 1. The molecule has 0 saturated heterocycles. The molecule has 0 heterocycles. The predicted octanol–water partition coefficient (Wildman–Crippen LogP) is 4.28. The smallest absolute Gasteiger partial charge is 0.306 e. The number of esters is 1. The van der Waals surface area contributed by atoms with E-state index in [0.717, 1.165) is 12.0 Å². The van der Waals surface area contributed by atoms with Gasteiger partial charge in [-0.15, -0.1) is 0 Å². The molecule has 3 rings (SSSR count). The summed E-state index contributed by atoms with van der Waals surface area (Å²) < 4.78 is 10.7. The highest BCUT2D eigenvalue weighted by Gasteiger charge is 2.21. The van der Waals surface area contributed by atoms with Crippen molar-refractivity contribution in [2.24, 2.45) is 0 Å². The van der Waals surface area contributed by atoms with E-state index in [2.05, 4.69) is 43.4 Å². The molecule has 6 nitrogen and oxygen atoms in total. The molecule has 0 spiro atoms. The number of hydrogen-bond acceptors (Lipinski definition) is 6. The summed E-state index contributed by atoms with van der Waals surface area (Å²) in [5.74, 6) is 0.177. The molecular weight excluding hydrogens is 440 g/mol. The topological polar surface area (TPSA) is 91.6 Å². The molecule has 0 bridgehead atoms. The van der Waals surface area contributed by atoms with Crippen LogP contribution >= 0.6 is 0 Å². The van der Waals surface area contributed by atoms with E-state index in [1.807, 2.05) is 6.07 Å². The van der Waals surface area contributed by atoms with Gasteiger partial charge in [-0.3, -0.25) is 4.79 Å². The number of carbonyl (C=O) groups excluding carboxylic acids is 1. The maximum Gasteiger partial charge on any atom is 0.306 e. The molecular formula is C29H38N2O4. The second-order valence-corrected chi connectivity index (χ2v) is 9.96. The lowest BCUT2D eigenvalue weighted by atomic mass is 9.87. The summed E-state index contributed by atoms with van der Waals surface area (Å²) in [6.45, 7) is 6.89.